The van der Waals surface area contributed by atoms with Crippen molar-refractivity contribution in [1.82, 2.24) is 14.2 Å². The Morgan fingerprint density at radius 3 is 2.48 bits per heavy atom. The summed E-state index contributed by atoms with van der Waals surface area (Å²) in [7, 11) is 3.17. The van der Waals surface area contributed by atoms with Crippen molar-refractivity contribution in [1.29, 1.82) is 0 Å². The summed E-state index contributed by atoms with van der Waals surface area (Å²) in [5, 5.41) is 3.23. The first kappa shape index (κ1) is 15.4. The van der Waals surface area contributed by atoms with Gasteiger partial charge in [0.2, 0.25) is 0 Å². The molecule has 0 atom stereocenters. The minimum absolute atomic E-state index is 0.0670. The molecule has 1 aromatic carbocycles. The van der Waals surface area contributed by atoms with Crippen molar-refractivity contribution < 1.29 is 18.0 Å². The Bertz CT molecular complexity index is 680. The zero-order valence-electron chi connectivity index (χ0n) is 11.1. The molecule has 4 nitrogen and oxygen atoms in total. The number of rotatable bonds is 2. The Morgan fingerprint density at radius 2 is 1.95 bits per heavy atom. The molecular weight excluding hydrogens is 307 g/mol. The van der Waals surface area contributed by atoms with E-state index in [1.165, 1.54) is 11.0 Å². The molecule has 112 valence electrons. The highest BCUT2D eigenvalue weighted by atomic mass is 35.5. The molecule has 1 aromatic heterocycles. The molecule has 1 amide bonds. The lowest BCUT2D eigenvalue weighted by atomic mass is 10.1. The van der Waals surface area contributed by atoms with E-state index in [1.807, 2.05) is 0 Å². The number of nitrogens with zero attached hydrogens (tertiary/aromatic N) is 3. The molecule has 2 aromatic rings. The van der Waals surface area contributed by atoms with E-state index in [-0.39, 0.29) is 11.6 Å². The average molecular weight is 318 g/mol. The monoisotopic (exact) mass is 317 g/mol. The summed E-state index contributed by atoms with van der Waals surface area (Å²) in [5.74, 6) is -0.256. The van der Waals surface area contributed by atoms with Gasteiger partial charge in [0, 0.05) is 37.0 Å². The van der Waals surface area contributed by atoms with Gasteiger partial charge < -0.3 is 4.90 Å². The number of aromatic nitrogens is 2. The molecule has 0 saturated carbocycles. The SMILES string of the molecule is CN(C)C(=O)c1cccc(-c2cc(C(F)(F)F)nn2Cl)c1. The summed E-state index contributed by atoms with van der Waals surface area (Å²) in [4.78, 5) is 13.2. The fourth-order valence-electron chi connectivity index (χ4n) is 1.76. The van der Waals surface area contributed by atoms with Crippen molar-refractivity contribution in [3.63, 3.8) is 0 Å². The van der Waals surface area contributed by atoms with E-state index < -0.39 is 11.9 Å². The van der Waals surface area contributed by atoms with Gasteiger partial charge in [-0.25, -0.2) is 0 Å². The van der Waals surface area contributed by atoms with E-state index in [0.29, 0.717) is 15.3 Å². The third-order valence-corrected chi connectivity index (χ3v) is 3.03. The van der Waals surface area contributed by atoms with Gasteiger partial charge in [0.05, 0.1) is 5.69 Å². The van der Waals surface area contributed by atoms with Crippen LogP contribution < -0.4 is 0 Å². The number of carbonyl (C=O) groups excluding carboxylic acids is 1. The van der Waals surface area contributed by atoms with Crippen molar-refractivity contribution in [2.45, 2.75) is 6.18 Å². The maximum Gasteiger partial charge on any atom is 0.435 e. The first-order valence-corrected chi connectivity index (χ1v) is 6.19. The highest BCUT2D eigenvalue weighted by Gasteiger charge is 2.35. The van der Waals surface area contributed by atoms with Crippen LogP contribution in [0.4, 0.5) is 13.2 Å². The van der Waals surface area contributed by atoms with Crippen LogP contribution >= 0.6 is 11.8 Å². The summed E-state index contributed by atoms with van der Waals surface area (Å²) < 4.78 is 38.5. The van der Waals surface area contributed by atoms with E-state index in [1.54, 1.807) is 32.3 Å². The fourth-order valence-corrected chi connectivity index (χ4v) is 1.99. The quantitative estimate of drug-likeness (QED) is 0.852. The predicted molar refractivity (Wildman–Crippen MR) is 71.9 cm³/mol. The second kappa shape index (κ2) is 5.40. The lowest BCUT2D eigenvalue weighted by Gasteiger charge is -2.10. The normalized spacial score (nSPS) is 11.5. The van der Waals surface area contributed by atoms with Crippen LogP contribution in [0.2, 0.25) is 0 Å². The fraction of sp³-hybridized carbons (Fsp3) is 0.231. The molecule has 21 heavy (non-hydrogen) atoms. The molecule has 0 N–H and O–H groups in total. The van der Waals surface area contributed by atoms with Crippen LogP contribution in [-0.2, 0) is 6.18 Å². The van der Waals surface area contributed by atoms with E-state index in [9.17, 15) is 18.0 Å². The average Bonchev–Trinajstić information content (AvgIpc) is 2.80. The van der Waals surface area contributed by atoms with E-state index in [0.717, 1.165) is 6.07 Å². The number of halogens is 4. The molecular formula is C13H11ClF3N3O. The van der Waals surface area contributed by atoms with Crippen LogP contribution in [0.3, 0.4) is 0 Å². The first-order chi connectivity index (χ1) is 9.70. The summed E-state index contributed by atoms with van der Waals surface area (Å²) in [5.41, 5.74) is -0.293. The van der Waals surface area contributed by atoms with E-state index in [4.69, 9.17) is 11.8 Å². The van der Waals surface area contributed by atoms with Crippen molar-refractivity contribution >= 4 is 17.7 Å². The lowest BCUT2D eigenvalue weighted by Crippen LogP contribution is -2.21. The first-order valence-electron chi connectivity index (χ1n) is 5.85. The van der Waals surface area contributed by atoms with E-state index in [2.05, 4.69) is 5.10 Å². The molecule has 0 fully saturated rings. The minimum atomic E-state index is -4.58. The number of hydrogen-bond acceptors (Lipinski definition) is 2. The number of hydrogen-bond donors (Lipinski definition) is 0. The third kappa shape index (κ3) is 3.18. The molecule has 0 saturated heterocycles. The molecule has 0 aliphatic rings. The predicted octanol–water partition coefficient (Wildman–Crippen LogP) is 3.27. The maximum absolute atomic E-state index is 12.6. The summed E-state index contributed by atoms with van der Waals surface area (Å²) in [6.07, 6.45) is -4.58. The van der Waals surface area contributed by atoms with Crippen LogP contribution in [0.5, 0.6) is 0 Å². The molecule has 0 aliphatic carbocycles. The third-order valence-electron chi connectivity index (χ3n) is 2.77. The lowest BCUT2D eigenvalue weighted by molar-refractivity contribution is -0.141. The van der Waals surface area contributed by atoms with Crippen molar-refractivity contribution in [2.75, 3.05) is 14.1 Å². The maximum atomic E-state index is 12.6. The van der Waals surface area contributed by atoms with Gasteiger partial charge in [-0.15, -0.1) is 0 Å². The number of alkyl halides is 3. The highest BCUT2D eigenvalue weighted by molar-refractivity contribution is 6.16. The van der Waals surface area contributed by atoms with E-state index >= 15 is 0 Å². The van der Waals surface area contributed by atoms with Crippen LogP contribution in [0.1, 0.15) is 16.1 Å². The van der Waals surface area contributed by atoms with Gasteiger partial charge in [0.1, 0.15) is 0 Å². The number of carbonyl (C=O) groups is 1. The van der Waals surface area contributed by atoms with Gasteiger partial charge in [0.15, 0.2) is 5.69 Å². The molecule has 0 bridgehead atoms. The molecule has 0 aliphatic heterocycles. The van der Waals surface area contributed by atoms with Crippen LogP contribution in [0.25, 0.3) is 11.3 Å². The molecule has 1 heterocycles. The van der Waals surface area contributed by atoms with Crippen LogP contribution in [0.15, 0.2) is 30.3 Å². The summed E-state index contributed by atoms with van der Waals surface area (Å²) in [6.45, 7) is 0. The Labute approximate surface area is 123 Å². The number of amides is 1. The minimum Gasteiger partial charge on any atom is -0.345 e. The molecule has 2 rings (SSSR count). The second-order valence-corrected chi connectivity index (χ2v) is 4.87. The van der Waals surface area contributed by atoms with Gasteiger partial charge in [-0.3, -0.25) is 4.79 Å². The standard InChI is InChI=1S/C13H11ClF3N3O/c1-19(2)12(21)9-5-3-4-8(6-9)10-7-11(13(15,16)17)18-20(10)14/h3-7H,1-2H3. The van der Waals surface area contributed by atoms with Crippen LogP contribution in [0, 0.1) is 0 Å². The number of benzene rings is 1. The van der Waals surface area contributed by atoms with Gasteiger partial charge >= 0.3 is 6.18 Å². The van der Waals surface area contributed by atoms with Crippen molar-refractivity contribution in [3.8, 4) is 11.3 Å². The Morgan fingerprint density at radius 1 is 1.29 bits per heavy atom. The van der Waals surface area contributed by atoms with Crippen molar-refractivity contribution in [3.05, 3.63) is 41.6 Å². The molecule has 0 radical (unpaired) electrons. The van der Waals surface area contributed by atoms with Gasteiger partial charge in [-0.1, -0.05) is 12.1 Å². The Kier molecular flexibility index (Phi) is 3.95. The zero-order chi connectivity index (χ0) is 15.8. The Hall–Kier alpha value is -2.02. The summed E-state index contributed by atoms with van der Waals surface area (Å²) >= 11 is 5.69. The highest BCUT2D eigenvalue weighted by Crippen LogP contribution is 2.32. The second-order valence-electron chi connectivity index (χ2n) is 4.55. The molecule has 0 spiro atoms. The van der Waals surface area contributed by atoms with Gasteiger partial charge in [-0.05, 0) is 18.2 Å². The smallest absolute Gasteiger partial charge is 0.345 e. The molecule has 8 heteroatoms. The Balaban J connectivity index is 2.46. The summed E-state index contributed by atoms with van der Waals surface area (Å²) in [6, 6.07) is 7.02. The van der Waals surface area contributed by atoms with Gasteiger partial charge in [0.25, 0.3) is 5.91 Å². The zero-order valence-corrected chi connectivity index (χ0v) is 11.9. The van der Waals surface area contributed by atoms with Gasteiger partial charge in [-0.2, -0.15) is 22.5 Å². The largest absolute Gasteiger partial charge is 0.435 e. The van der Waals surface area contributed by atoms with Crippen molar-refractivity contribution in [2.24, 2.45) is 0 Å². The molecule has 0 unspecified atom stereocenters. The van der Waals surface area contributed by atoms with Crippen LogP contribution in [-0.4, -0.2) is 34.2 Å². The topological polar surface area (TPSA) is 38.1 Å².